The number of benzene rings is 4. The van der Waals surface area contributed by atoms with Crippen molar-refractivity contribution in [1.29, 1.82) is 0 Å². The molecule has 2 N–H and O–H groups in total. The summed E-state index contributed by atoms with van der Waals surface area (Å²) < 4.78 is 48.4. The zero-order valence-corrected chi connectivity index (χ0v) is 28.2. The standard InChI is InChI=1S/C37H29F2N4O5PS/c1-48-35(44)31-19-20-33-34(40-31)29(23-50-33)26-15-11-24(12-16-26)21-36(27-7-3-2-4-8-27,43-32-10-6-5-9-30(32)41-42-43)22-25-13-17-28(18-14-25)37(38,39)49(45,46)47/h2-20,23H,21-22H2,1H3,(H2,45,46,47). The number of halogens is 2. The van der Waals surface area contributed by atoms with E-state index in [9.17, 15) is 27.9 Å². The molecule has 50 heavy (non-hydrogen) atoms. The predicted molar refractivity (Wildman–Crippen MR) is 187 cm³/mol. The Morgan fingerprint density at radius 3 is 2.14 bits per heavy atom. The van der Waals surface area contributed by atoms with E-state index in [0.717, 1.165) is 44.6 Å². The molecule has 7 aromatic rings. The number of hydrogen-bond acceptors (Lipinski definition) is 7. The van der Waals surface area contributed by atoms with Crippen LogP contribution in [-0.2, 0) is 33.3 Å². The van der Waals surface area contributed by atoms with Crippen LogP contribution in [0.3, 0.4) is 0 Å². The summed E-state index contributed by atoms with van der Waals surface area (Å²) in [4.78, 5) is 35.3. The SMILES string of the molecule is COC(=O)c1ccc2scc(-c3ccc(CC(Cc4ccc(C(F)(F)P(=O)(O)O)cc4)(c4ccccc4)n4nnc5ccccc54)cc3)c2n1. The third-order valence-corrected chi connectivity index (χ3v) is 10.7. The predicted octanol–water partition coefficient (Wildman–Crippen LogP) is 7.95. The van der Waals surface area contributed by atoms with E-state index in [1.165, 1.54) is 30.6 Å². The van der Waals surface area contributed by atoms with Crippen LogP contribution in [0.4, 0.5) is 8.78 Å². The first kappa shape index (κ1) is 33.4. The largest absolute Gasteiger partial charge is 0.464 e. The maximum atomic E-state index is 14.6. The smallest absolute Gasteiger partial charge is 0.399 e. The molecule has 7 rings (SSSR count). The fraction of sp³-hybridized carbons (Fsp3) is 0.135. The van der Waals surface area contributed by atoms with Crippen molar-refractivity contribution in [2.75, 3.05) is 7.11 Å². The number of esters is 1. The number of alkyl halides is 2. The topological polar surface area (TPSA) is 127 Å². The van der Waals surface area contributed by atoms with Gasteiger partial charge in [0, 0.05) is 29.3 Å². The Morgan fingerprint density at radius 1 is 0.840 bits per heavy atom. The van der Waals surface area contributed by atoms with E-state index < -0.39 is 30.3 Å². The molecule has 0 aliphatic heterocycles. The summed E-state index contributed by atoms with van der Waals surface area (Å²) >= 11 is 1.53. The van der Waals surface area contributed by atoms with Crippen LogP contribution in [0.25, 0.3) is 32.4 Å². The maximum Gasteiger partial charge on any atom is 0.399 e. The maximum absolute atomic E-state index is 14.6. The first-order valence-electron chi connectivity index (χ1n) is 15.5. The molecule has 3 aromatic heterocycles. The van der Waals surface area contributed by atoms with Gasteiger partial charge in [0.05, 0.1) is 28.4 Å². The number of aromatic nitrogens is 4. The molecule has 4 aromatic carbocycles. The Morgan fingerprint density at radius 2 is 1.48 bits per heavy atom. The molecule has 0 saturated carbocycles. The fourth-order valence-corrected chi connectivity index (χ4v) is 7.67. The molecule has 0 aliphatic rings. The summed E-state index contributed by atoms with van der Waals surface area (Å²) in [6.07, 6.45) is 0.698. The van der Waals surface area contributed by atoms with Gasteiger partial charge in [-0.2, -0.15) is 8.78 Å². The van der Waals surface area contributed by atoms with Gasteiger partial charge in [0.2, 0.25) is 0 Å². The van der Waals surface area contributed by atoms with Gasteiger partial charge in [-0.25, -0.2) is 14.5 Å². The van der Waals surface area contributed by atoms with Crippen molar-refractivity contribution in [3.63, 3.8) is 0 Å². The second-order valence-electron chi connectivity index (χ2n) is 11.9. The lowest BCUT2D eigenvalue weighted by Crippen LogP contribution is -2.40. The monoisotopic (exact) mass is 710 g/mol. The first-order valence-corrected chi connectivity index (χ1v) is 17.9. The van der Waals surface area contributed by atoms with Crippen LogP contribution in [0, 0.1) is 0 Å². The number of fused-ring (bicyclic) bond motifs is 2. The third kappa shape index (κ3) is 6.01. The van der Waals surface area contributed by atoms with Gasteiger partial charge in [0.15, 0.2) is 0 Å². The highest BCUT2D eigenvalue weighted by Gasteiger charge is 2.50. The average molecular weight is 711 g/mol. The Balaban J connectivity index is 1.33. The number of hydrogen-bond donors (Lipinski definition) is 2. The quantitative estimate of drug-likeness (QED) is 0.108. The molecule has 0 aliphatic carbocycles. The molecule has 0 radical (unpaired) electrons. The summed E-state index contributed by atoms with van der Waals surface area (Å²) in [6.45, 7) is 0. The highest BCUT2D eigenvalue weighted by Crippen LogP contribution is 2.59. The van der Waals surface area contributed by atoms with Crippen molar-refractivity contribution < 1.29 is 32.7 Å². The number of methoxy groups -OCH3 is 1. The zero-order valence-electron chi connectivity index (χ0n) is 26.5. The van der Waals surface area contributed by atoms with Gasteiger partial charge < -0.3 is 14.5 Å². The Kier molecular flexibility index (Phi) is 8.65. The Labute approximate surface area is 289 Å². The fourth-order valence-electron chi connectivity index (χ4n) is 6.28. The molecule has 0 fully saturated rings. The molecule has 1 atom stereocenters. The van der Waals surface area contributed by atoms with Crippen LogP contribution < -0.4 is 0 Å². The van der Waals surface area contributed by atoms with Gasteiger partial charge >= 0.3 is 19.2 Å². The number of rotatable bonds is 10. The van der Waals surface area contributed by atoms with Gasteiger partial charge in [-0.15, -0.1) is 16.4 Å². The van der Waals surface area contributed by atoms with Crippen LogP contribution in [0.2, 0.25) is 0 Å². The van der Waals surface area contributed by atoms with Gasteiger partial charge in [-0.1, -0.05) is 96.2 Å². The first-order chi connectivity index (χ1) is 24.0. The minimum absolute atomic E-state index is 0.224. The van der Waals surface area contributed by atoms with Crippen LogP contribution in [0.15, 0.2) is 121 Å². The average Bonchev–Trinajstić information content (AvgIpc) is 3.76. The van der Waals surface area contributed by atoms with Crippen molar-refractivity contribution in [3.05, 3.63) is 149 Å². The number of nitrogens with zero attached hydrogens (tertiary/aromatic N) is 4. The van der Waals surface area contributed by atoms with E-state index >= 15 is 0 Å². The van der Waals surface area contributed by atoms with Crippen molar-refractivity contribution in [2.45, 2.75) is 24.0 Å². The van der Waals surface area contributed by atoms with E-state index in [4.69, 9.17) is 4.74 Å². The summed E-state index contributed by atoms with van der Waals surface area (Å²) in [6, 6.07) is 33.9. The minimum Gasteiger partial charge on any atom is -0.464 e. The van der Waals surface area contributed by atoms with Gasteiger partial charge in [0.25, 0.3) is 0 Å². The molecular formula is C37H29F2N4O5PS. The van der Waals surface area contributed by atoms with Crippen LogP contribution in [0.5, 0.6) is 0 Å². The summed E-state index contributed by atoms with van der Waals surface area (Å²) in [7, 11) is -4.41. The molecule has 0 spiro atoms. The molecule has 9 nitrogen and oxygen atoms in total. The number of pyridine rings is 1. The van der Waals surface area contributed by atoms with Crippen LogP contribution in [-0.4, -0.2) is 42.8 Å². The highest BCUT2D eigenvalue weighted by molar-refractivity contribution is 7.52. The second kappa shape index (κ2) is 13.0. The normalized spacial score (nSPS) is 13.4. The van der Waals surface area contributed by atoms with E-state index in [-0.39, 0.29) is 12.1 Å². The van der Waals surface area contributed by atoms with Gasteiger partial charge in [-0.05, 0) is 46.5 Å². The molecule has 252 valence electrons. The summed E-state index contributed by atoms with van der Waals surface area (Å²) in [5, 5.41) is 11.1. The number of carbonyl (C=O) groups excluding carboxylic acids is 1. The van der Waals surface area contributed by atoms with Crippen molar-refractivity contribution >= 4 is 46.2 Å². The number of thiophene rings is 1. The van der Waals surface area contributed by atoms with Crippen LogP contribution in [0.1, 0.15) is 32.7 Å². The lowest BCUT2D eigenvalue weighted by Gasteiger charge is -2.36. The number of carbonyl (C=O) groups is 1. The van der Waals surface area contributed by atoms with E-state index in [1.54, 1.807) is 6.07 Å². The van der Waals surface area contributed by atoms with Crippen molar-refractivity contribution in [1.82, 2.24) is 20.0 Å². The van der Waals surface area contributed by atoms with Crippen LogP contribution >= 0.6 is 18.9 Å². The minimum atomic E-state index is -5.73. The lowest BCUT2D eigenvalue weighted by molar-refractivity contribution is 0.0564. The second-order valence-corrected chi connectivity index (χ2v) is 14.5. The van der Waals surface area contributed by atoms with E-state index in [2.05, 4.69) is 15.3 Å². The molecular weight excluding hydrogens is 681 g/mol. The molecule has 1 unspecified atom stereocenters. The van der Waals surface area contributed by atoms with Gasteiger partial charge in [-0.3, -0.25) is 4.57 Å². The van der Waals surface area contributed by atoms with E-state index in [0.29, 0.717) is 23.0 Å². The lowest BCUT2D eigenvalue weighted by atomic mass is 9.78. The molecule has 13 heteroatoms. The Bertz CT molecular complexity index is 2380. The molecule has 0 amide bonds. The summed E-state index contributed by atoms with van der Waals surface area (Å²) in [5.74, 6) is -0.512. The number of ether oxygens (including phenoxy) is 1. The Hall–Kier alpha value is -5.13. The third-order valence-electron chi connectivity index (χ3n) is 8.81. The molecule has 3 heterocycles. The molecule has 0 saturated heterocycles. The van der Waals surface area contributed by atoms with Crippen molar-refractivity contribution in [3.8, 4) is 11.1 Å². The summed E-state index contributed by atoms with van der Waals surface area (Å²) in [5.41, 5.74) is 0.652. The van der Waals surface area contributed by atoms with Gasteiger partial charge in [0.1, 0.15) is 11.2 Å². The highest BCUT2D eigenvalue weighted by atomic mass is 32.1. The number of para-hydroxylation sites is 1. The zero-order chi connectivity index (χ0) is 35.1. The van der Waals surface area contributed by atoms with Crippen molar-refractivity contribution in [2.24, 2.45) is 0 Å². The molecule has 0 bridgehead atoms. The van der Waals surface area contributed by atoms with E-state index in [1.807, 2.05) is 95.0 Å².